The number of aromatic nitrogens is 2. The van der Waals surface area contributed by atoms with Crippen molar-refractivity contribution in [1.29, 1.82) is 0 Å². The van der Waals surface area contributed by atoms with Crippen molar-refractivity contribution in [3.05, 3.63) is 71.0 Å². The third-order valence-corrected chi connectivity index (χ3v) is 5.12. The Morgan fingerprint density at radius 2 is 1.90 bits per heavy atom. The molecule has 8 heteroatoms. The Hall–Kier alpha value is -3.81. The maximum absolute atomic E-state index is 12.7. The SMILES string of the molecule is CCOC(=O)c1cnn(-c2ccc(C(=O)NC(C)c3ccc4c(c3)OCO4)cc2)c1C. The second-order valence-electron chi connectivity index (χ2n) is 7.13. The third kappa shape index (κ3) is 4.09. The fourth-order valence-corrected chi connectivity index (χ4v) is 3.38. The number of nitrogens with zero attached hydrogens (tertiary/aromatic N) is 2. The summed E-state index contributed by atoms with van der Waals surface area (Å²) in [5, 5.41) is 7.26. The molecule has 2 heterocycles. The topological polar surface area (TPSA) is 91.7 Å². The lowest BCUT2D eigenvalue weighted by molar-refractivity contribution is 0.0525. The maximum Gasteiger partial charge on any atom is 0.341 e. The summed E-state index contributed by atoms with van der Waals surface area (Å²) in [6.45, 7) is 5.98. The summed E-state index contributed by atoms with van der Waals surface area (Å²) in [5.74, 6) is 0.790. The molecule has 1 unspecified atom stereocenters. The highest BCUT2D eigenvalue weighted by molar-refractivity contribution is 5.94. The molecule has 1 aliphatic heterocycles. The smallest absolute Gasteiger partial charge is 0.341 e. The molecule has 0 radical (unpaired) electrons. The van der Waals surface area contributed by atoms with Crippen molar-refractivity contribution in [2.45, 2.75) is 26.8 Å². The molecule has 0 spiro atoms. The van der Waals surface area contributed by atoms with Gasteiger partial charge in [0.15, 0.2) is 11.5 Å². The van der Waals surface area contributed by atoms with Gasteiger partial charge in [-0.1, -0.05) is 6.07 Å². The molecule has 1 aromatic heterocycles. The van der Waals surface area contributed by atoms with Crippen LogP contribution >= 0.6 is 0 Å². The quantitative estimate of drug-likeness (QED) is 0.612. The van der Waals surface area contributed by atoms with Crippen LogP contribution in [0, 0.1) is 6.92 Å². The highest BCUT2D eigenvalue weighted by Gasteiger charge is 2.18. The summed E-state index contributed by atoms with van der Waals surface area (Å²) in [7, 11) is 0. The number of hydrogen-bond donors (Lipinski definition) is 1. The molecule has 0 saturated heterocycles. The van der Waals surface area contributed by atoms with Crippen LogP contribution in [0.4, 0.5) is 0 Å². The minimum atomic E-state index is -0.403. The molecule has 3 aromatic rings. The lowest BCUT2D eigenvalue weighted by atomic mass is 10.1. The number of nitrogens with one attached hydrogen (secondary N) is 1. The zero-order valence-electron chi connectivity index (χ0n) is 17.5. The summed E-state index contributed by atoms with van der Waals surface area (Å²) in [4.78, 5) is 24.7. The zero-order chi connectivity index (χ0) is 22.0. The van der Waals surface area contributed by atoms with Crippen molar-refractivity contribution >= 4 is 11.9 Å². The van der Waals surface area contributed by atoms with Crippen LogP contribution in [0.5, 0.6) is 11.5 Å². The van der Waals surface area contributed by atoms with Crippen LogP contribution < -0.4 is 14.8 Å². The summed E-state index contributed by atoms with van der Waals surface area (Å²) in [6, 6.07) is 12.4. The average molecular weight is 421 g/mol. The predicted octanol–water partition coefficient (Wildman–Crippen LogP) is 3.58. The van der Waals surface area contributed by atoms with Crippen LogP contribution in [0.2, 0.25) is 0 Å². The monoisotopic (exact) mass is 421 g/mol. The first-order valence-electron chi connectivity index (χ1n) is 10.0. The summed E-state index contributed by atoms with van der Waals surface area (Å²) < 4.78 is 17.4. The van der Waals surface area contributed by atoms with E-state index in [1.54, 1.807) is 42.8 Å². The van der Waals surface area contributed by atoms with Gasteiger partial charge in [-0.25, -0.2) is 9.48 Å². The van der Waals surface area contributed by atoms with E-state index in [0.29, 0.717) is 34.9 Å². The van der Waals surface area contributed by atoms with Crippen LogP contribution in [0.25, 0.3) is 5.69 Å². The lowest BCUT2D eigenvalue weighted by Gasteiger charge is -2.15. The second-order valence-corrected chi connectivity index (χ2v) is 7.13. The largest absolute Gasteiger partial charge is 0.462 e. The van der Waals surface area contributed by atoms with Crippen molar-refractivity contribution in [3.8, 4) is 17.2 Å². The molecule has 4 rings (SSSR count). The van der Waals surface area contributed by atoms with Gasteiger partial charge in [-0.05, 0) is 62.7 Å². The molecular weight excluding hydrogens is 398 g/mol. The van der Waals surface area contributed by atoms with E-state index in [4.69, 9.17) is 14.2 Å². The molecule has 1 aliphatic rings. The number of carbonyl (C=O) groups excluding carboxylic acids is 2. The summed E-state index contributed by atoms with van der Waals surface area (Å²) >= 11 is 0. The number of carbonyl (C=O) groups is 2. The van der Waals surface area contributed by atoms with Gasteiger partial charge in [0.1, 0.15) is 5.56 Å². The van der Waals surface area contributed by atoms with Crippen molar-refractivity contribution in [2.75, 3.05) is 13.4 Å². The minimum Gasteiger partial charge on any atom is -0.462 e. The van der Waals surface area contributed by atoms with E-state index in [1.807, 2.05) is 25.1 Å². The standard InChI is InChI=1S/C23H23N3O5/c1-4-29-23(28)19-12-24-26(15(19)3)18-8-5-16(6-9-18)22(27)25-14(2)17-7-10-20-21(11-17)31-13-30-20/h5-12,14H,4,13H2,1-3H3,(H,25,27). The molecule has 1 atom stereocenters. The minimum absolute atomic E-state index is 0.193. The Bertz CT molecular complexity index is 1120. The molecule has 8 nitrogen and oxygen atoms in total. The van der Waals surface area contributed by atoms with Crippen LogP contribution in [0.1, 0.15) is 51.9 Å². The summed E-state index contributed by atoms with van der Waals surface area (Å²) in [6.07, 6.45) is 1.49. The van der Waals surface area contributed by atoms with Crippen LogP contribution in [-0.4, -0.2) is 35.1 Å². The van der Waals surface area contributed by atoms with E-state index < -0.39 is 5.97 Å². The first kappa shape index (κ1) is 20.5. The summed E-state index contributed by atoms with van der Waals surface area (Å²) in [5.41, 5.74) is 3.28. The van der Waals surface area contributed by atoms with E-state index in [9.17, 15) is 9.59 Å². The van der Waals surface area contributed by atoms with Gasteiger partial charge >= 0.3 is 5.97 Å². The molecule has 1 N–H and O–H groups in total. The van der Waals surface area contributed by atoms with Gasteiger partial charge in [0.05, 0.1) is 30.2 Å². The van der Waals surface area contributed by atoms with Crippen molar-refractivity contribution in [2.24, 2.45) is 0 Å². The molecule has 0 fully saturated rings. The fraction of sp³-hybridized carbons (Fsp3) is 0.261. The number of amides is 1. The van der Waals surface area contributed by atoms with Crippen LogP contribution in [-0.2, 0) is 4.74 Å². The Morgan fingerprint density at radius 3 is 2.65 bits per heavy atom. The van der Waals surface area contributed by atoms with Gasteiger partial charge in [0.2, 0.25) is 6.79 Å². The van der Waals surface area contributed by atoms with Gasteiger partial charge < -0.3 is 19.5 Å². The van der Waals surface area contributed by atoms with Gasteiger partial charge in [-0.2, -0.15) is 5.10 Å². The molecule has 0 aliphatic carbocycles. The molecule has 31 heavy (non-hydrogen) atoms. The Morgan fingerprint density at radius 1 is 1.16 bits per heavy atom. The lowest BCUT2D eigenvalue weighted by Crippen LogP contribution is -2.26. The van der Waals surface area contributed by atoms with Gasteiger partial charge in [0, 0.05) is 5.56 Å². The highest BCUT2D eigenvalue weighted by atomic mass is 16.7. The average Bonchev–Trinajstić information content (AvgIpc) is 3.39. The van der Waals surface area contributed by atoms with Crippen molar-refractivity contribution in [1.82, 2.24) is 15.1 Å². The number of rotatable bonds is 6. The van der Waals surface area contributed by atoms with E-state index in [1.165, 1.54) is 6.20 Å². The van der Waals surface area contributed by atoms with E-state index in [2.05, 4.69) is 10.4 Å². The van der Waals surface area contributed by atoms with E-state index in [0.717, 1.165) is 11.3 Å². The Kier molecular flexibility index (Phi) is 5.62. The zero-order valence-corrected chi connectivity index (χ0v) is 17.5. The number of hydrogen-bond acceptors (Lipinski definition) is 6. The fourth-order valence-electron chi connectivity index (χ4n) is 3.38. The molecule has 160 valence electrons. The predicted molar refractivity (Wildman–Crippen MR) is 113 cm³/mol. The first-order valence-corrected chi connectivity index (χ1v) is 10.0. The van der Waals surface area contributed by atoms with Crippen molar-refractivity contribution < 1.29 is 23.8 Å². The Balaban J connectivity index is 1.45. The number of benzene rings is 2. The van der Waals surface area contributed by atoms with Crippen molar-refractivity contribution in [3.63, 3.8) is 0 Å². The molecule has 0 bridgehead atoms. The van der Waals surface area contributed by atoms with Gasteiger partial charge in [-0.15, -0.1) is 0 Å². The normalized spacial score (nSPS) is 13.0. The van der Waals surface area contributed by atoms with Gasteiger partial charge in [-0.3, -0.25) is 4.79 Å². The van der Waals surface area contributed by atoms with Crippen LogP contribution in [0.3, 0.4) is 0 Å². The molecular formula is C23H23N3O5. The third-order valence-electron chi connectivity index (χ3n) is 5.12. The van der Waals surface area contributed by atoms with Crippen LogP contribution in [0.15, 0.2) is 48.7 Å². The Labute approximate surface area is 179 Å². The van der Waals surface area contributed by atoms with Gasteiger partial charge in [0.25, 0.3) is 5.91 Å². The van der Waals surface area contributed by atoms with E-state index in [-0.39, 0.29) is 18.7 Å². The molecule has 2 aromatic carbocycles. The molecule has 0 saturated carbocycles. The highest BCUT2D eigenvalue weighted by Crippen LogP contribution is 2.34. The molecule has 1 amide bonds. The number of esters is 1. The first-order chi connectivity index (χ1) is 15.0. The van der Waals surface area contributed by atoms with E-state index >= 15 is 0 Å². The number of ether oxygens (including phenoxy) is 3. The maximum atomic E-state index is 12.7. The number of fused-ring (bicyclic) bond motifs is 1. The second kappa shape index (κ2) is 8.51.